The van der Waals surface area contributed by atoms with Gasteiger partial charge in [0.15, 0.2) is 0 Å². The monoisotopic (exact) mass is 527 g/mol. The average Bonchev–Trinajstić information content (AvgIpc) is 2.85. The number of piperidine rings is 2. The predicted octanol–water partition coefficient (Wildman–Crippen LogP) is 4.71. The summed E-state index contributed by atoms with van der Waals surface area (Å²) in [7, 11) is -4.79. The molecule has 0 amide bonds. The second-order valence-corrected chi connectivity index (χ2v) is 14.8. The van der Waals surface area contributed by atoms with Gasteiger partial charge in [0.25, 0.3) is 5.56 Å². The molecule has 37 heavy (non-hydrogen) atoms. The van der Waals surface area contributed by atoms with Crippen LogP contribution in [0.2, 0.25) is 0 Å². The van der Waals surface area contributed by atoms with Gasteiger partial charge in [0.1, 0.15) is 0 Å². The molecule has 3 saturated carbocycles. The minimum absolute atomic E-state index is 0.0943. The summed E-state index contributed by atoms with van der Waals surface area (Å²) in [6.45, 7) is 10.8. The zero-order valence-corrected chi connectivity index (χ0v) is 23.5. The third kappa shape index (κ3) is 4.16. The quantitative estimate of drug-likeness (QED) is 0.547. The number of rotatable bonds is 5. The Bertz CT molecular complexity index is 1280. The molecule has 0 radical (unpaired) electrons. The summed E-state index contributed by atoms with van der Waals surface area (Å²) in [5.41, 5.74) is 0.386. The van der Waals surface area contributed by atoms with E-state index in [-0.39, 0.29) is 6.04 Å². The molecular weight excluding hydrogens is 485 g/mol. The standard InChI is InChI=1S/C29H42N3O4P/c1-17-13-18(2)26-16-21(32-24-8-6-5-7-23(24)30-27(28(32)33)37(34,35)36)15-25(17)31(26)12-11-19-9-10-20-14-22(19)29(20,3)4/h5-8,17-22,25-26H,9-16H2,1-4H3,(H2,34,35,36)/t17-,18+,19-,20-,21+,22-,25+,26-/m0/s1. The Labute approximate surface area is 219 Å². The van der Waals surface area contributed by atoms with E-state index in [0.717, 1.165) is 37.1 Å². The molecule has 3 aliphatic carbocycles. The molecule has 5 aliphatic rings. The Morgan fingerprint density at radius 1 is 1.03 bits per heavy atom. The Balaban J connectivity index is 1.31. The van der Waals surface area contributed by atoms with Crippen molar-refractivity contribution >= 4 is 24.1 Å². The SMILES string of the molecule is C[C@@H]1C[C@H](C)[C@H]2C[C@@H](n3c(=O)c(P(=O)(O)O)nc4ccccc43)C[C@@H]1N2CC[C@@H]1CC[C@H]2C[C@@H]1C2(C)C. The molecule has 1 aromatic heterocycles. The van der Waals surface area contributed by atoms with Gasteiger partial charge < -0.3 is 14.4 Å². The zero-order valence-electron chi connectivity index (χ0n) is 22.6. The van der Waals surface area contributed by atoms with Gasteiger partial charge >= 0.3 is 7.60 Å². The summed E-state index contributed by atoms with van der Waals surface area (Å²) in [5.74, 6) is 3.66. The molecule has 8 heteroatoms. The van der Waals surface area contributed by atoms with Crippen LogP contribution >= 0.6 is 7.60 Å². The van der Waals surface area contributed by atoms with Crippen molar-refractivity contribution in [2.75, 3.05) is 6.54 Å². The number of hydrogen-bond donors (Lipinski definition) is 2. The lowest BCUT2D eigenvalue weighted by molar-refractivity contribution is -0.114. The van der Waals surface area contributed by atoms with Crippen molar-refractivity contribution in [2.24, 2.45) is 35.0 Å². The maximum atomic E-state index is 13.5. The molecule has 2 aromatic rings. The predicted molar refractivity (Wildman–Crippen MR) is 146 cm³/mol. The Hall–Kier alpha value is -1.53. The number of hydrogen-bond acceptors (Lipinski definition) is 4. The summed E-state index contributed by atoms with van der Waals surface area (Å²) < 4.78 is 13.9. The topological polar surface area (TPSA) is 95.7 Å². The number of fused-ring (bicyclic) bond motifs is 5. The van der Waals surface area contributed by atoms with Gasteiger partial charge in [-0.05, 0) is 98.6 Å². The molecule has 0 unspecified atom stereocenters. The first-order chi connectivity index (χ1) is 17.5. The second-order valence-electron chi connectivity index (χ2n) is 13.3. The molecule has 2 N–H and O–H groups in total. The van der Waals surface area contributed by atoms with E-state index in [1.165, 1.54) is 32.1 Å². The molecule has 7 nitrogen and oxygen atoms in total. The molecule has 4 bridgehead atoms. The largest absolute Gasteiger partial charge is 0.380 e. The van der Waals surface area contributed by atoms with Crippen molar-refractivity contribution in [2.45, 2.75) is 90.8 Å². The summed E-state index contributed by atoms with van der Waals surface area (Å²) in [4.78, 5) is 40.2. The minimum Gasteiger partial charge on any atom is -0.320 e. The zero-order chi connectivity index (χ0) is 26.3. The van der Waals surface area contributed by atoms with Crippen LogP contribution in [-0.2, 0) is 4.57 Å². The van der Waals surface area contributed by atoms with Crippen LogP contribution in [0, 0.1) is 35.0 Å². The highest BCUT2D eigenvalue weighted by Crippen LogP contribution is 2.62. The minimum atomic E-state index is -4.79. The maximum Gasteiger partial charge on any atom is 0.380 e. The van der Waals surface area contributed by atoms with E-state index in [1.54, 1.807) is 16.7 Å². The third-order valence-electron chi connectivity index (χ3n) is 11.1. The van der Waals surface area contributed by atoms with Crippen LogP contribution in [0.3, 0.4) is 0 Å². The Morgan fingerprint density at radius 3 is 2.32 bits per heavy atom. The third-order valence-corrected chi connectivity index (χ3v) is 12.0. The van der Waals surface area contributed by atoms with Crippen LogP contribution in [0.4, 0.5) is 0 Å². The van der Waals surface area contributed by atoms with Crippen LogP contribution in [0.15, 0.2) is 29.1 Å². The Morgan fingerprint density at radius 2 is 1.70 bits per heavy atom. The van der Waals surface area contributed by atoms with Gasteiger partial charge in [-0.25, -0.2) is 4.98 Å². The van der Waals surface area contributed by atoms with E-state index in [1.807, 2.05) is 12.1 Å². The van der Waals surface area contributed by atoms with Gasteiger partial charge in [0.05, 0.1) is 11.0 Å². The van der Waals surface area contributed by atoms with Crippen molar-refractivity contribution in [1.82, 2.24) is 14.5 Å². The Kier molecular flexibility index (Phi) is 6.27. The number of nitrogens with zero attached hydrogens (tertiary/aromatic N) is 3. The van der Waals surface area contributed by atoms with Crippen LogP contribution in [-0.4, -0.2) is 42.9 Å². The number of aromatic nitrogens is 2. The first kappa shape index (κ1) is 25.7. The van der Waals surface area contributed by atoms with Crippen molar-refractivity contribution < 1.29 is 14.4 Å². The lowest BCUT2D eigenvalue weighted by atomic mass is 9.45. The molecule has 202 valence electrons. The summed E-state index contributed by atoms with van der Waals surface area (Å²) >= 11 is 0. The fourth-order valence-corrected chi connectivity index (χ4v) is 9.64. The maximum absolute atomic E-state index is 13.5. The highest BCUT2D eigenvalue weighted by Gasteiger charge is 2.54. The van der Waals surface area contributed by atoms with Gasteiger partial charge in [-0.3, -0.25) is 14.3 Å². The molecule has 3 heterocycles. The number of benzene rings is 1. The molecule has 2 saturated heterocycles. The van der Waals surface area contributed by atoms with Gasteiger partial charge in [0.2, 0.25) is 5.44 Å². The average molecular weight is 528 g/mol. The fraction of sp³-hybridized carbons (Fsp3) is 0.724. The lowest BCUT2D eigenvalue weighted by Crippen LogP contribution is -2.60. The highest BCUT2D eigenvalue weighted by atomic mass is 31.2. The first-order valence-corrected chi connectivity index (χ1v) is 15.9. The summed E-state index contributed by atoms with van der Waals surface area (Å²) in [6.07, 6.45) is 8.30. The normalized spacial score (nSPS) is 37.4. The van der Waals surface area contributed by atoms with Crippen LogP contribution in [0.25, 0.3) is 11.0 Å². The van der Waals surface area contributed by atoms with E-state index in [9.17, 15) is 19.1 Å². The van der Waals surface area contributed by atoms with E-state index in [2.05, 4.69) is 37.6 Å². The van der Waals surface area contributed by atoms with Crippen molar-refractivity contribution in [3.8, 4) is 0 Å². The van der Waals surface area contributed by atoms with Crippen LogP contribution in [0.5, 0.6) is 0 Å². The van der Waals surface area contributed by atoms with Crippen LogP contribution in [0.1, 0.15) is 78.7 Å². The summed E-state index contributed by atoms with van der Waals surface area (Å²) in [5, 5.41) is 0. The molecule has 7 rings (SSSR count). The van der Waals surface area contributed by atoms with E-state index < -0.39 is 18.6 Å². The number of para-hydroxylation sites is 2. The van der Waals surface area contributed by atoms with Crippen LogP contribution < -0.4 is 11.0 Å². The lowest BCUT2D eigenvalue weighted by Gasteiger charge is -2.61. The van der Waals surface area contributed by atoms with E-state index in [4.69, 9.17) is 0 Å². The van der Waals surface area contributed by atoms with Crippen molar-refractivity contribution in [3.05, 3.63) is 34.6 Å². The van der Waals surface area contributed by atoms with Crippen molar-refractivity contribution in [1.29, 1.82) is 0 Å². The smallest absolute Gasteiger partial charge is 0.320 e. The molecule has 5 fully saturated rings. The first-order valence-electron chi connectivity index (χ1n) is 14.3. The molecule has 2 aliphatic heterocycles. The van der Waals surface area contributed by atoms with E-state index >= 15 is 0 Å². The van der Waals surface area contributed by atoms with Crippen molar-refractivity contribution in [3.63, 3.8) is 0 Å². The van der Waals surface area contributed by atoms with E-state index in [0.29, 0.717) is 40.4 Å². The summed E-state index contributed by atoms with van der Waals surface area (Å²) in [6, 6.07) is 7.93. The highest BCUT2D eigenvalue weighted by molar-refractivity contribution is 7.59. The van der Waals surface area contributed by atoms with Gasteiger partial charge in [-0.2, -0.15) is 0 Å². The second kappa shape index (κ2) is 9.01. The molecule has 0 spiro atoms. The molecule has 8 atom stereocenters. The fourth-order valence-electron chi connectivity index (χ4n) is 9.05. The molecular formula is C29H42N3O4P. The van der Waals surface area contributed by atoms with Gasteiger partial charge in [-0.15, -0.1) is 0 Å². The molecule has 1 aromatic carbocycles. The van der Waals surface area contributed by atoms with Gasteiger partial charge in [-0.1, -0.05) is 39.8 Å². The van der Waals surface area contributed by atoms with Gasteiger partial charge in [0, 0.05) is 18.1 Å².